The minimum atomic E-state index is -4.43. The van der Waals surface area contributed by atoms with Crippen LogP contribution in [0, 0.1) is 0 Å². The quantitative estimate of drug-likeness (QED) is 0.399. The van der Waals surface area contributed by atoms with Crippen LogP contribution in [0.4, 0.5) is 23.5 Å². The second-order valence-corrected chi connectivity index (χ2v) is 8.95. The van der Waals surface area contributed by atoms with Crippen LogP contribution in [-0.2, 0) is 11.3 Å². The number of nitrogens with one attached hydrogen (secondary N) is 1. The fourth-order valence-electron chi connectivity index (χ4n) is 4.67. The predicted octanol–water partition coefficient (Wildman–Crippen LogP) is 2.54. The molecule has 14 heteroatoms. The number of halogens is 4. The molecule has 0 radical (unpaired) electrons. The molecule has 190 valence electrons. The maximum atomic E-state index is 14.7. The van der Waals surface area contributed by atoms with Gasteiger partial charge >= 0.3 is 6.18 Å². The van der Waals surface area contributed by atoms with Gasteiger partial charge in [0.15, 0.2) is 0 Å². The van der Waals surface area contributed by atoms with E-state index in [2.05, 4.69) is 30.6 Å². The number of nitrogens with zero attached hydrogens (tertiary/aromatic N) is 7. The molecule has 0 spiro atoms. The Bertz CT molecular complexity index is 1420. The highest BCUT2D eigenvalue weighted by Crippen LogP contribution is 2.33. The van der Waals surface area contributed by atoms with Gasteiger partial charge in [0.2, 0.25) is 11.8 Å². The largest absolute Gasteiger partial charge is 0.479 e. The van der Waals surface area contributed by atoms with Crippen molar-refractivity contribution in [3.05, 3.63) is 30.5 Å². The van der Waals surface area contributed by atoms with Gasteiger partial charge < -0.3 is 14.8 Å². The van der Waals surface area contributed by atoms with Gasteiger partial charge in [0.25, 0.3) is 0 Å². The van der Waals surface area contributed by atoms with Crippen LogP contribution in [0.3, 0.4) is 0 Å². The van der Waals surface area contributed by atoms with E-state index in [0.29, 0.717) is 48.5 Å². The summed E-state index contributed by atoms with van der Waals surface area (Å²) < 4.78 is 66.6. The number of aromatic nitrogens is 6. The van der Waals surface area contributed by atoms with Crippen LogP contribution in [0.2, 0.25) is 0 Å². The Kier molecular flexibility index (Phi) is 5.44. The first-order valence-electron chi connectivity index (χ1n) is 11.4. The van der Waals surface area contributed by atoms with Crippen molar-refractivity contribution in [1.29, 1.82) is 0 Å². The first-order valence-corrected chi connectivity index (χ1v) is 11.4. The van der Waals surface area contributed by atoms with Gasteiger partial charge in [-0.3, -0.25) is 4.90 Å². The molecule has 4 aromatic rings. The number of alkyl halides is 4. The number of rotatable bonds is 6. The standard InChI is InChI=1S/C22H22F4N8O2/c1-35-20-19-14(12-2-3-16-18(6-12)34(31-29-16)11-22(24,25)26)4-5-33(19)30-21(28-20)27-17-8-32(7-15(17)23)13-9-36-10-13/h2-6,13,15,17H,7-11H2,1H3,(H,27,30)/t15-,17+/m0/s1. The van der Waals surface area contributed by atoms with Gasteiger partial charge in [-0.1, -0.05) is 11.3 Å². The molecule has 5 heterocycles. The molecule has 1 N–H and O–H groups in total. The van der Waals surface area contributed by atoms with Crippen molar-refractivity contribution >= 4 is 22.5 Å². The summed E-state index contributed by atoms with van der Waals surface area (Å²) in [6, 6.07) is 6.46. The van der Waals surface area contributed by atoms with Crippen LogP contribution >= 0.6 is 0 Å². The molecule has 6 rings (SSSR count). The second kappa shape index (κ2) is 8.55. The third kappa shape index (κ3) is 4.09. The fourth-order valence-corrected chi connectivity index (χ4v) is 4.67. The zero-order valence-corrected chi connectivity index (χ0v) is 19.1. The van der Waals surface area contributed by atoms with Crippen LogP contribution < -0.4 is 10.1 Å². The van der Waals surface area contributed by atoms with E-state index in [4.69, 9.17) is 9.47 Å². The van der Waals surface area contributed by atoms with Crippen molar-refractivity contribution < 1.29 is 27.0 Å². The molecule has 2 aliphatic rings. The number of likely N-dealkylation sites (tertiary alicyclic amines) is 1. The molecular weight excluding hydrogens is 484 g/mol. The normalized spacial score (nSPS) is 21.4. The van der Waals surface area contributed by atoms with Crippen molar-refractivity contribution in [3.8, 4) is 17.0 Å². The van der Waals surface area contributed by atoms with Crippen LogP contribution in [-0.4, -0.2) is 92.3 Å². The van der Waals surface area contributed by atoms with E-state index in [1.165, 1.54) is 7.11 Å². The van der Waals surface area contributed by atoms with Gasteiger partial charge in [0.05, 0.1) is 37.9 Å². The van der Waals surface area contributed by atoms with Crippen LogP contribution in [0.5, 0.6) is 5.88 Å². The summed E-state index contributed by atoms with van der Waals surface area (Å²) in [5.41, 5.74) is 2.39. The van der Waals surface area contributed by atoms with E-state index in [1.807, 2.05) is 0 Å². The molecule has 0 amide bonds. The molecule has 0 bridgehead atoms. The lowest BCUT2D eigenvalue weighted by Crippen LogP contribution is -2.48. The van der Waals surface area contributed by atoms with Gasteiger partial charge in [-0.25, -0.2) is 13.6 Å². The van der Waals surface area contributed by atoms with Crippen LogP contribution in [0.15, 0.2) is 30.5 Å². The summed E-state index contributed by atoms with van der Waals surface area (Å²) >= 11 is 0. The second-order valence-electron chi connectivity index (χ2n) is 8.95. The molecule has 0 aliphatic carbocycles. The lowest BCUT2D eigenvalue weighted by atomic mass is 10.1. The number of hydrogen-bond donors (Lipinski definition) is 1. The lowest BCUT2D eigenvalue weighted by Gasteiger charge is -2.34. The molecule has 10 nitrogen and oxygen atoms in total. The van der Waals surface area contributed by atoms with Gasteiger partial charge in [-0.15, -0.1) is 10.2 Å². The maximum Gasteiger partial charge on any atom is 0.408 e. The zero-order chi connectivity index (χ0) is 25.0. The monoisotopic (exact) mass is 506 g/mol. The fraction of sp³-hybridized carbons (Fsp3) is 0.455. The van der Waals surface area contributed by atoms with Crippen molar-refractivity contribution in [3.63, 3.8) is 0 Å². The molecule has 0 saturated carbocycles. The number of hydrogen-bond acceptors (Lipinski definition) is 8. The van der Waals surface area contributed by atoms with E-state index < -0.39 is 24.9 Å². The molecule has 2 aliphatic heterocycles. The Morgan fingerprint density at radius 2 is 2.03 bits per heavy atom. The number of methoxy groups -OCH3 is 1. The minimum Gasteiger partial charge on any atom is -0.479 e. The minimum absolute atomic E-state index is 0.212. The van der Waals surface area contributed by atoms with Crippen LogP contribution in [0.25, 0.3) is 27.7 Å². The van der Waals surface area contributed by atoms with Crippen molar-refractivity contribution in [2.45, 2.75) is 31.0 Å². The summed E-state index contributed by atoms with van der Waals surface area (Å²) in [6.45, 7) is 0.810. The SMILES string of the molecule is COc1nc(N[C@@H]2CN(C3COC3)C[C@@H]2F)nn2ccc(-c3ccc4nnn(CC(F)(F)F)c4c3)c12. The predicted molar refractivity (Wildman–Crippen MR) is 121 cm³/mol. The maximum absolute atomic E-state index is 14.7. The van der Waals surface area contributed by atoms with Gasteiger partial charge in [0, 0.05) is 24.8 Å². The smallest absolute Gasteiger partial charge is 0.408 e. The topological polar surface area (TPSA) is 94.6 Å². The highest BCUT2D eigenvalue weighted by Gasteiger charge is 2.39. The van der Waals surface area contributed by atoms with Crippen molar-refractivity contribution in [1.82, 2.24) is 34.5 Å². The summed E-state index contributed by atoms with van der Waals surface area (Å²) in [6.07, 6.45) is -3.83. The molecule has 2 saturated heterocycles. The lowest BCUT2D eigenvalue weighted by molar-refractivity contribution is -0.142. The van der Waals surface area contributed by atoms with Crippen LogP contribution in [0.1, 0.15) is 0 Å². The molecule has 1 aromatic carbocycles. The summed E-state index contributed by atoms with van der Waals surface area (Å²) in [4.78, 5) is 6.50. The van der Waals surface area contributed by atoms with E-state index >= 15 is 0 Å². The Balaban J connectivity index is 1.32. The average molecular weight is 506 g/mol. The Hall–Kier alpha value is -3.52. The summed E-state index contributed by atoms with van der Waals surface area (Å²) in [5, 5.41) is 15.0. The molecule has 0 unspecified atom stereocenters. The van der Waals surface area contributed by atoms with E-state index in [9.17, 15) is 17.6 Å². The zero-order valence-electron chi connectivity index (χ0n) is 19.1. The third-order valence-corrected chi connectivity index (χ3v) is 6.55. The number of fused-ring (bicyclic) bond motifs is 2. The molecule has 36 heavy (non-hydrogen) atoms. The first kappa shape index (κ1) is 22.9. The number of anilines is 1. The molecular formula is C22H22F4N8O2. The summed E-state index contributed by atoms with van der Waals surface area (Å²) in [5.74, 6) is 0.455. The number of ether oxygens (including phenoxy) is 2. The Morgan fingerprint density at radius 1 is 1.19 bits per heavy atom. The highest BCUT2D eigenvalue weighted by atomic mass is 19.4. The molecule has 2 atom stereocenters. The van der Waals surface area contributed by atoms with E-state index in [0.717, 1.165) is 4.68 Å². The van der Waals surface area contributed by atoms with Gasteiger partial charge in [0.1, 0.15) is 23.7 Å². The van der Waals surface area contributed by atoms with Gasteiger partial charge in [-0.05, 0) is 23.8 Å². The third-order valence-electron chi connectivity index (χ3n) is 6.55. The van der Waals surface area contributed by atoms with Gasteiger partial charge in [-0.2, -0.15) is 18.2 Å². The van der Waals surface area contributed by atoms with E-state index in [1.54, 1.807) is 35.0 Å². The highest BCUT2D eigenvalue weighted by molar-refractivity contribution is 5.89. The average Bonchev–Trinajstić information content (AvgIpc) is 3.48. The van der Waals surface area contributed by atoms with Crippen molar-refractivity contribution in [2.75, 3.05) is 38.7 Å². The molecule has 2 fully saturated rings. The Labute approximate surface area is 201 Å². The Morgan fingerprint density at radius 3 is 2.75 bits per heavy atom. The molecule has 3 aromatic heterocycles. The number of benzene rings is 1. The van der Waals surface area contributed by atoms with Crippen molar-refractivity contribution in [2.24, 2.45) is 0 Å². The summed E-state index contributed by atoms with van der Waals surface area (Å²) in [7, 11) is 1.46. The first-order chi connectivity index (χ1) is 17.3. The van der Waals surface area contributed by atoms with E-state index in [-0.39, 0.29) is 23.4 Å².